The molecular formula is C16H32O2Si. The molecule has 1 N–H and O–H groups in total. The van der Waals surface area contributed by atoms with Crippen molar-refractivity contribution in [2.75, 3.05) is 0 Å². The second-order valence-corrected chi connectivity index (χ2v) is 11.7. The Morgan fingerprint density at radius 3 is 2.32 bits per heavy atom. The lowest BCUT2D eigenvalue weighted by Gasteiger charge is -2.46. The zero-order chi connectivity index (χ0) is 14.1. The molecular weight excluding hydrogens is 252 g/mol. The minimum Gasteiger partial charge on any atom is -0.414 e. The highest BCUT2D eigenvalue weighted by molar-refractivity contribution is 6.73. The van der Waals surface area contributed by atoms with Gasteiger partial charge in [-0.2, -0.15) is 0 Å². The van der Waals surface area contributed by atoms with Crippen LogP contribution < -0.4 is 0 Å². The highest BCUT2D eigenvalue weighted by Crippen LogP contribution is 2.53. The summed E-state index contributed by atoms with van der Waals surface area (Å²) in [5, 5.41) is 10.3. The summed E-state index contributed by atoms with van der Waals surface area (Å²) in [6, 6.07) is 3.72. The molecule has 112 valence electrons. The first-order valence-electron chi connectivity index (χ1n) is 8.37. The lowest BCUT2D eigenvalue weighted by molar-refractivity contribution is -0.0423. The van der Waals surface area contributed by atoms with E-state index in [-0.39, 0.29) is 11.5 Å². The molecule has 4 atom stereocenters. The highest BCUT2D eigenvalue weighted by Gasteiger charge is 2.52. The van der Waals surface area contributed by atoms with Gasteiger partial charge in [0, 0.05) is 6.10 Å². The molecule has 3 heteroatoms. The predicted molar refractivity (Wildman–Crippen MR) is 82.8 cm³/mol. The van der Waals surface area contributed by atoms with Gasteiger partial charge in [-0.1, -0.05) is 34.1 Å². The zero-order valence-electron chi connectivity index (χ0n) is 13.2. The Hall–Kier alpha value is 0.137. The predicted octanol–water partition coefficient (Wildman–Crippen LogP) is 4.34. The van der Waals surface area contributed by atoms with E-state index in [0.717, 1.165) is 6.42 Å². The van der Waals surface area contributed by atoms with Crippen LogP contribution in [0.1, 0.15) is 59.8 Å². The van der Waals surface area contributed by atoms with Crippen LogP contribution in [0.5, 0.6) is 0 Å². The molecule has 19 heavy (non-hydrogen) atoms. The van der Waals surface area contributed by atoms with Gasteiger partial charge < -0.3 is 9.53 Å². The SMILES string of the molecule is CC[Si](CC)(CC)OC1CCC[C@]2(C)[C@@H](O)CC[C@@H]12. The molecule has 0 saturated heterocycles. The largest absolute Gasteiger partial charge is 0.414 e. The Kier molecular flexibility index (Phi) is 4.79. The van der Waals surface area contributed by atoms with Gasteiger partial charge in [0.25, 0.3) is 0 Å². The average Bonchev–Trinajstić information content (AvgIpc) is 2.73. The molecule has 0 amide bonds. The second-order valence-electron chi connectivity index (χ2n) is 7.00. The van der Waals surface area contributed by atoms with Crippen molar-refractivity contribution in [2.45, 2.75) is 90.1 Å². The van der Waals surface area contributed by atoms with Crippen molar-refractivity contribution in [1.82, 2.24) is 0 Å². The van der Waals surface area contributed by atoms with E-state index in [4.69, 9.17) is 4.43 Å². The Labute approximate surface area is 120 Å². The Bertz CT molecular complexity index is 295. The number of aliphatic hydroxyl groups is 1. The van der Waals surface area contributed by atoms with Gasteiger partial charge in [-0.05, 0) is 55.1 Å². The van der Waals surface area contributed by atoms with E-state index in [0.29, 0.717) is 12.0 Å². The van der Waals surface area contributed by atoms with Gasteiger partial charge in [0.05, 0.1) is 6.10 Å². The quantitative estimate of drug-likeness (QED) is 0.761. The zero-order valence-corrected chi connectivity index (χ0v) is 14.2. The van der Waals surface area contributed by atoms with Crippen molar-refractivity contribution in [1.29, 1.82) is 0 Å². The standard InChI is InChI=1S/C16H32O2Si/c1-5-19(6-2,7-3)18-14-9-8-12-16(4)13(14)10-11-15(16)17/h13-15,17H,5-12H2,1-4H3/t13-,14?,15-,16-/m0/s1. The molecule has 0 bridgehead atoms. The molecule has 2 rings (SSSR count). The van der Waals surface area contributed by atoms with Crippen molar-refractivity contribution in [3.8, 4) is 0 Å². The molecule has 0 aromatic rings. The summed E-state index contributed by atoms with van der Waals surface area (Å²) in [5.74, 6) is 0.604. The lowest BCUT2D eigenvalue weighted by Crippen LogP contribution is -2.48. The molecule has 2 fully saturated rings. The van der Waals surface area contributed by atoms with Crippen LogP contribution in [0.4, 0.5) is 0 Å². The fourth-order valence-corrected chi connectivity index (χ4v) is 7.48. The summed E-state index contributed by atoms with van der Waals surface area (Å²) in [6.45, 7) is 9.23. The fourth-order valence-electron chi connectivity index (χ4n) is 4.55. The van der Waals surface area contributed by atoms with Crippen LogP contribution in [0.3, 0.4) is 0 Å². The molecule has 2 saturated carbocycles. The van der Waals surface area contributed by atoms with Gasteiger partial charge in [-0.3, -0.25) is 0 Å². The third kappa shape index (κ3) is 2.66. The fraction of sp³-hybridized carbons (Fsp3) is 1.00. The number of rotatable bonds is 5. The van der Waals surface area contributed by atoms with Gasteiger partial charge in [-0.25, -0.2) is 0 Å². The molecule has 0 aromatic carbocycles. The van der Waals surface area contributed by atoms with E-state index < -0.39 is 8.32 Å². The van der Waals surface area contributed by atoms with E-state index in [9.17, 15) is 5.11 Å². The molecule has 0 aromatic heterocycles. The summed E-state index contributed by atoms with van der Waals surface area (Å²) in [4.78, 5) is 0. The summed E-state index contributed by atoms with van der Waals surface area (Å²) < 4.78 is 6.78. The molecule has 2 aliphatic rings. The Balaban J connectivity index is 2.12. The summed E-state index contributed by atoms with van der Waals surface area (Å²) in [5.41, 5.74) is 0.137. The van der Waals surface area contributed by atoms with Gasteiger partial charge in [-0.15, -0.1) is 0 Å². The van der Waals surface area contributed by atoms with Gasteiger partial charge >= 0.3 is 0 Å². The van der Waals surface area contributed by atoms with E-state index in [2.05, 4.69) is 27.7 Å². The van der Waals surface area contributed by atoms with Gasteiger partial charge in [0.2, 0.25) is 0 Å². The van der Waals surface area contributed by atoms with Crippen molar-refractivity contribution < 1.29 is 9.53 Å². The maximum Gasteiger partial charge on any atom is 0.192 e. The molecule has 0 heterocycles. The van der Waals surface area contributed by atoms with E-state index in [1.165, 1.54) is 43.8 Å². The maximum absolute atomic E-state index is 10.3. The van der Waals surface area contributed by atoms with E-state index in [1.807, 2.05) is 0 Å². The number of aliphatic hydroxyl groups excluding tert-OH is 1. The van der Waals surface area contributed by atoms with Gasteiger partial charge in [0.15, 0.2) is 8.32 Å². The minimum absolute atomic E-state index is 0.0927. The molecule has 0 aliphatic heterocycles. The van der Waals surface area contributed by atoms with Crippen LogP contribution >= 0.6 is 0 Å². The molecule has 2 aliphatic carbocycles. The minimum atomic E-state index is -1.50. The molecule has 0 radical (unpaired) electrons. The smallest absolute Gasteiger partial charge is 0.192 e. The topological polar surface area (TPSA) is 29.5 Å². The normalized spacial score (nSPS) is 39.3. The third-order valence-corrected chi connectivity index (χ3v) is 11.0. The van der Waals surface area contributed by atoms with Crippen molar-refractivity contribution in [2.24, 2.45) is 11.3 Å². The number of hydrogen-bond donors (Lipinski definition) is 1. The Morgan fingerprint density at radius 2 is 1.74 bits per heavy atom. The maximum atomic E-state index is 10.3. The van der Waals surface area contributed by atoms with Crippen LogP contribution in [0.25, 0.3) is 0 Å². The highest BCUT2D eigenvalue weighted by atomic mass is 28.4. The van der Waals surface area contributed by atoms with Crippen molar-refractivity contribution in [3.63, 3.8) is 0 Å². The lowest BCUT2D eigenvalue weighted by atomic mass is 9.67. The summed E-state index contributed by atoms with van der Waals surface area (Å²) in [7, 11) is -1.50. The number of fused-ring (bicyclic) bond motifs is 1. The first-order valence-corrected chi connectivity index (χ1v) is 10.9. The van der Waals surface area contributed by atoms with Crippen LogP contribution in [0.2, 0.25) is 18.1 Å². The molecule has 2 nitrogen and oxygen atoms in total. The second kappa shape index (κ2) is 5.86. The van der Waals surface area contributed by atoms with Crippen LogP contribution in [0.15, 0.2) is 0 Å². The summed E-state index contributed by atoms with van der Waals surface area (Å²) in [6.07, 6.45) is 6.15. The first kappa shape index (κ1) is 15.5. The van der Waals surface area contributed by atoms with Crippen molar-refractivity contribution in [3.05, 3.63) is 0 Å². The Morgan fingerprint density at radius 1 is 1.11 bits per heavy atom. The van der Waals surface area contributed by atoms with Crippen LogP contribution in [-0.4, -0.2) is 25.6 Å². The van der Waals surface area contributed by atoms with Crippen LogP contribution in [0, 0.1) is 11.3 Å². The average molecular weight is 285 g/mol. The molecule has 1 unspecified atom stereocenters. The third-order valence-electron chi connectivity index (χ3n) is 6.35. The van der Waals surface area contributed by atoms with Crippen molar-refractivity contribution >= 4 is 8.32 Å². The monoisotopic (exact) mass is 284 g/mol. The van der Waals surface area contributed by atoms with E-state index >= 15 is 0 Å². The number of hydrogen-bond acceptors (Lipinski definition) is 2. The van der Waals surface area contributed by atoms with Crippen LogP contribution in [-0.2, 0) is 4.43 Å². The molecule has 0 spiro atoms. The first-order chi connectivity index (χ1) is 9.01. The summed E-state index contributed by atoms with van der Waals surface area (Å²) >= 11 is 0. The van der Waals surface area contributed by atoms with E-state index in [1.54, 1.807) is 0 Å². The van der Waals surface area contributed by atoms with Gasteiger partial charge in [0.1, 0.15) is 0 Å².